The van der Waals surface area contributed by atoms with Crippen LogP contribution in [-0.2, 0) is 0 Å². The Kier molecular flexibility index (Phi) is 6.23. The summed E-state index contributed by atoms with van der Waals surface area (Å²) in [6.07, 6.45) is 0. The number of hydrogen-bond donors (Lipinski definition) is 1. The molecule has 0 aliphatic carbocycles. The summed E-state index contributed by atoms with van der Waals surface area (Å²) in [5.41, 5.74) is 4.21. The third-order valence-corrected chi connectivity index (χ3v) is 5.35. The van der Waals surface area contributed by atoms with Crippen LogP contribution >= 0.6 is 0 Å². The summed E-state index contributed by atoms with van der Waals surface area (Å²) in [6.45, 7) is 5.32. The Bertz CT molecular complexity index is 1040. The summed E-state index contributed by atoms with van der Waals surface area (Å²) in [5.74, 6) is 1.53. The molecule has 0 atom stereocenters. The molecule has 4 rings (SSSR count). The van der Waals surface area contributed by atoms with Gasteiger partial charge in [0.25, 0.3) is 5.91 Å². The molecule has 162 valence electrons. The molecule has 0 fully saturated rings. The van der Waals surface area contributed by atoms with E-state index in [1.807, 2.05) is 74.4 Å². The molecule has 1 aliphatic heterocycles. The Hall–Kier alpha value is -3.32. The number of H-pyrrole nitrogens is 1. The third kappa shape index (κ3) is 4.56. The molecular weight excluding hydrogens is 392 g/mol. The molecule has 31 heavy (non-hydrogen) atoms. The lowest BCUT2D eigenvalue weighted by molar-refractivity contribution is 0.0754. The number of carbonyl (C=O) groups excluding carboxylic acids is 1. The fourth-order valence-electron chi connectivity index (χ4n) is 3.58. The van der Waals surface area contributed by atoms with Crippen LogP contribution in [0.1, 0.15) is 17.3 Å². The van der Waals surface area contributed by atoms with E-state index in [1.54, 1.807) is 0 Å². The first-order valence-electron chi connectivity index (χ1n) is 10.6. The quantitative estimate of drug-likeness (QED) is 0.633. The van der Waals surface area contributed by atoms with E-state index in [-0.39, 0.29) is 5.91 Å². The zero-order chi connectivity index (χ0) is 21.8. The number of nitrogens with zero attached hydrogens (tertiary/aromatic N) is 3. The van der Waals surface area contributed by atoms with Gasteiger partial charge >= 0.3 is 0 Å². The minimum absolute atomic E-state index is 0.0479. The summed E-state index contributed by atoms with van der Waals surface area (Å²) in [4.78, 5) is 16.8. The van der Waals surface area contributed by atoms with E-state index in [0.29, 0.717) is 31.9 Å². The van der Waals surface area contributed by atoms with Crippen LogP contribution in [0, 0.1) is 0 Å². The van der Waals surface area contributed by atoms with Crippen LogP contribution in [0.3, 0.4) is 0 Å². The van der Waals surface area contributed by atoms with Crippen molar-refractivity contribution in [2.75, 3.05) is 46.9 Å². The average Bonchev–Trinajstić information content (AvgIpc) is 3.29. The number of rotatable bonds is 7. The van der Waals surface area contributed by atoms with Crippen LogP contribution in [0.2, 0.25) is 0 Å². The maximum Gasteiger partial charge on any atom is 0.253 e. The van der Waals surface area contributed by atoms with Gasteiger partial charge in [0.05, 0.1) is 11.4 Å². The number of fused-ring (bicyclic) bond motifs is 1. The molecule has 0 saturated carbocycles. The van der Waals surface area contributed by atoms with E-state index in [0.717, 1.165) is 40.6 Å². The van der Waals surface area contributed by atoms with E-state index in [4.69, 9.17) is 9.47 Å². The molecule has 0 saturated heterocycles. The number of amides is 1. The summed E-state index contributed by atoms with van der Waals surface area (Å²) < 4.78 is 11.5. The number of carbonyl (C=O) groups is 1. The van der Waals surface area contributed by atoms with Crippen LogP contribution in [0.4, 0.5) is 0 Å². The molecule has 0 spiro atoms. The maximum atomic E-state index is 12.8. The Labute approximate surface area is 182 Å². The third-order valence-electron chi connectivity index (χ3n) is 5.35. The maximum absolute atomic E-state index is 12.8. The first-order chi connectivity index (χ1) is 15.1. The van der Waals surface area contributed by atoms with Crippen LogP contribution in [0.25, 0.3) is 22.5 Å². The van der Waals surface area contributed by atoms with E-state index in [1.165, 1.54) is 0 Å². The predicted octanol–water partition coefficient (Wildman–Crippen LogP) is 3.54. The second-order valence-electron chi connectivity index (χ2n) is 7.76. The molecule has 7 nitrogen and oxygen atoms in total. The molecule has 2 aromatic carbocycles. The number of aromatic nitrogens is 2. The molecule has 1 aliphatic rings. The molecule has 0 radical (unpaired) electrons. The van der Waals surface area contributed by atoms with Gasteiger partial charge < -0.3 is 19.3 Å². The second kappa shape index (κ2) is 9.22. The minimum Gasteiger partial charge on any atom is -0.486 e. The summed E-state index contributed by atoms with van der Waals surface area (Å²) in [7, 11) is 4.02. The standard InChI is InChI=1S/C24H28N4O3/c1-4-28(13-12-27(2)3)24(29)18-10-8-17(9-11-18)20-16-21(26-25-20)19-6-5-7-22-23(19)31-15-14-30-22/h5-11,16H,4,12-15H2,1-3H3,(H,25,26). The number of aromatic amines is 1. The minimum atomic E-state index is 0.0479. The van der Waals surface area contributed by atoms with Crippen LogP contribution in [0.15, 0.2) is 48.5 Å². The first-order valence-corrected chi connectivity index (χ1v) is 10.6. The van der Waals surface area contributed by atoms with Crippen molar-refractivity contribution in [1.29, 1.82) is 0 Å². The summed E-state index contributed by atoms with van der Waals surface area (Å²) in [5, 5.41) is 7.56. The predicted molar refractivity (Wildman–Crippen MR) is 121 cm³/mol. The smallest absolute Gasteiger partial charge is 0.253 e. The highest BCUT2D eigenvalue weighted by Crippen LogP contribution is 2.39. The van der Waals surface area contributed by atoms with Crippen molar-refractivity contribution in [3.8, 4) is 34.0 Å². The zero-order valence-electron chi connectivity index (χ0n) is 18.2. The highest BCUT2D eigenvalue weighted by atomic mass is 16.6. The first kappa shape index (κ1) is 20.9. The van der Waals surface area contributed by atoms with Crippen molar-refractivity contribution in [1.82, 2.24) is 20.0 Å². The Balaban J connectivity index is 1.52. The number of benzene rings is 2. The van der Waals surface area contributed by atoms with Crippen molar-refractivity contribution >= 4 is 5.91 Å². The van der Waals surface area contributed by atoms with Crippen molar-refractivity contribution < 1.29 is 14.3 Å². The lowest BCUT2D eigenvalue weighted by Gasteiger charge is -2.23. The molecule has 7 heteroatoms. The van der Waals surface area contributed by atoms with Gasteiger partial charge in [-0.1, -0.05) is 18.2 Å². The average molecular weight is 421 g/mol. The van der Waals surface area contributed by atoms with Crippen molar-refractivity contribution in [2.24, 2.45) is 0 Å². The molecule has 0 unspecified atom stereocenters. The fraction of sp³-hybridized carbons (Fsp3) is 0.333. The normalized spacial score (nSPS) is 12.8. The van der Waals surface area contributed by atoms with Gasteiger partial charge in [0, 0.05) is 36.3 Å². The van der Waals surface area contributed by atoms with Gasteiger partial charge in [-0.25, -0.2) is 0 Å². The second-order valence-corrected chi connectivity index (χ2v) is 7.76. The fourth-order valence-corrected chi connectivity index (χ4v) is 3.58. The molecule has 1 aromatic heterocycles. The molecule has 1 N–H and O–H groups in total. The van der Waals surface area contributed by atoms with Gasteiger partial charge in [-0.3, -0.25) is 9.89 Å². The van der Waals surface area contributed by atoms with Gasteiger partial charge in [0.2, 0.25) is 0 Å². The molecule has 2 heterocycles. The van der Waals surface area contributed by atoms with Crippen LogP contribution in [-0.4, -0.2) is 72.8 Å². The van der Waals surface area contributed by atoms with Crippen molar-refractivity contribution in [2.45, 2.75) is 6.92 Å². The van der Waals surface area contributed by atoms with Gasteiger partial charge in [-0.05, 0) is 51.4 Å². The number of hydrogen-bond acceptors (Lipinski definition) is 5. The highest BCUT2D eigenvalue weighted by molar-refractivity contribution is 5.94. The van der Waals surface area contributed by atoms with Crippen molar-refractivity contribution in [3.05, 3.63) is 54.1 Å². The lowest BCUT2D eigenvalue weighted by Crippen LogP contribution is -2.36. The van der Waals surface area contributed by atoms with Gasteiger partial charge in [-0.2, -0.15) is 5.10 Å². The highest BCUT2D eigenvalue weighted by Gasteiger charge is 2.19. The molecule has 0 bridgehead atoms. The Morgan fingerprint density at radius 2 is 1.84 bits per heavy atom. The van der Waals surface area contributed by atoms with Crippen LogP contribution < -0.4 is 9.47 Å². The zero-order valence-corrected chi connectivity index (χ0v) is 18.2. The van der Waals surface area contributed by atoms with E-state index in [9.17, 15) is 4.79 Å². The van der Waals surface area contributed by atoms with Gasteiger partial charge in [-0.15, -0.1) is 0 Å². The van der Waals surface area contributed by atoms with Crippen molar-refractivity contribution in [3.63, 3.8) is 0 Å². The number of nitrogens with one attached hydrogen (secondary N) is 1. The molecular formula is C24H28N4O3. The number of ether oxygens (including phenoxy) is 2. The number of likely N-dealkylation sites (N-methyl/N-ethyl adjacent to an activating group) is 2. The Morgan fingerprint density at radius 3 is 2.58 bits per heavy atom. The van der Waals surface area contributed by atoms with E-state index >= 15 is 0 Å². The monoisotopic (exact) mass is 420 g/mol. The summed E-state index contributed by atoms with van der Waals surface area (Å²) >= 11 is 0. The lowest BCUT2D eigenvalue weighted by atomic mass is 10.1. The molecule has 3 aromatic rings. The largest absolute Gasteiger partial charge is 0.486 e. The Morgan fingerprint density at radius 1 is 1.06 bits per heavy atom. The van der Waals surface area contributed by atoms with Crippen LogP contribution in [0.5, 0.6) is 11.5 Å². The van der Waals surface area contributed by atoms with E-state index in [2.05, 4.69) is 15.1 Å². The molecule has 1 amide bonds. The van der Waals surface area contributed by atoms with Gasteiger partial charge in [0.1, 0.15) is 13.2 Å². The van der Waals surface area contributed by atoms with E-state index < -0.39 is 0 Å². The topological polar surface area (TPSA) is 70.7 Å². The number of para-hydroxylation sites is 1. The van der Waals surface area contributed by atoms with Gasteiger partial charge in [0.15, 0.2) is 11.5 Å². The summed E-state index contributed by atoms with van der Waals surface area (Å²) in [6, 6.07) is 15.4. The SMILES string of the molecule is CCN(CCN(C)C)C(=O)c1ccc(-c2cc(-c3cccc4c3OCCO4)[nH]n2)cc1.